The second-order valence-electron chi connectivity index (χ2n) is 4.00. The number of carboxylic acid groups (broad SMARTS) is 1. The average molecular weight is 346 g/mol. The lowest BCUT2D eigenvalue weighted by Crippen LogP contribution is -2.11. The van der Waals surface area contributed by atoms with Crippen LogP contribution in [-0.2, 0) is 0 Å². The number of hydrogen-bond acceptors (Lipinski definition) is 2. The Morgan fingerprint density at radius 2 is 2.00 bits per heavy atom. The van der Waals surface area contributed by atoms with Crippen LogP contribution in [0.2, 0.25) is 0 Å². The van der Waals surface area contributed by atoms with Gasteiger partial charge in [0.15, 0.2) is 5.78 Å². The number of aromatic carboxylic acids is 1. The van der Waals surface area contributed by atoms with Crippen LogP contribution in [0.15, 0.2) is 12.1 Å². The molecular formula is C13H15IO3. The topological polar surface area (TPSA) is 54.4 Å². The first-order valence-electron chi connectivity index (χ1n) is 5.54. The van der Waals surface area contributed by atoms with E-state index in [9.17, 15) is 9.59 Å². The van der Waals surface area contributed by atoms with E-state index in [4.69, 9.17) is 5.11 Å². The molecule has 0 saturated heterocycles. The van der Waals surface area contributed by atoms with Gasteiger partial charge in [-0.25, -0.2) is 4.79 Å². The summed E-state index contributed by atoms with van der Waals surface area (Å²) >= 11 is 1.96. The molecule has 0 saturated carbocycles. The minimum atomic E-state index is -1.03. The predicted octanol–water partition coefficient (Wildman–Crippen LogP) is 3.67. The van der Waals surface area contributed by atoms with E-state index >= 15 is 0 Å². The summed E-state index contributed by atoms with van der Waals surface area (Å²) < 4.78 is 0.620. The first kappa shape index (κ1) is 14.2. The lowest BCUT2D eigenvalue weighted by atomic mass is 9.98. The molecule has 1 rings (SSSR count). The number of carbonyl (C=O) groups excluding carboxylic acids is 1. The average Bonchev–Trinajstić information content (AvgIpc) is 2.23. The molecule has 0 spiro atoms. The molecular weight excluding hydrogens is 331 g/mol. The molecule has 3 nitrogen and oxygen atoms in total. The molecule has 4 heteroatoms. The smallest absolute Gasteiger partial charge is 0.337 e. The second kappa shape index (κ2) is 6.14. The van der Waals surface area contributed by atoms with E-state index in [0.717, 1.165) is 18.4 Å². The van der Waals surface area contributed by atoms with Crippen molar-refractivity contribution in [3.63, 3.8) is 0 Å². The van der Waals surface area contributed by atoms with Crippen molar-refractivity contribution in [3.05, 3.63) is 32.4 Å². The molecule has 17 heavy (non-hydrogen) atoms. The number of rotatable bonds is 5. The van der Waals surface area contributed by atoms with E-state index in [0.29, 0.717) is 15.6 Å². The largest absolute Gasteiger partial charge is 0.478 e. The highest BCUT2D eigenvalue weighted by Gasteiger charge is 2.19. The first-order chi connectivity index (χ1) is 7.97. The third-order valence-corrected chi connectivity index (χ3v) is 3.36. The molecule has 1 N–H and O–H groups in total. The molecule has 0 aromatic heterocycles. The summed E-state index contributed by atoms with van der Waals surface area (Å²) in [5, 5.41) is 9.15. The van der Waals surface area contributed by atoms with Crippen molar-refractivity contribution in [2.45, 2.75) is 33.1 Å². The highest BCUT2D eigenvalue weighted by atomic mass is 127. The van der Waals surface area contributed by atoms with Crippen LogP contribution < -0.4 is 0 Å². The van der Waals surface area contributed by atoms with Gasteiger partial charge in [0.25, 0.3) is 0 Å². The van der Waals surface area contributed by atoms with Crippen molar-refractivity contribution in [1.82, 2.24) is 0 Å². The highest BCUT2D eigenvalue weighted by Crippen LogP contribution is 2.21. The van der Waals surface area contributed by atoms with Gasteiger partial charge in [-0.3, -0.25) is 4.79 Å². The van der Waals surface area contributed by atoms with Crippen molar-refractivity contribution < 1.29 is 14.7 Å². The standard InChI is InChI=1S/C13H15IO3/c1-3-4-5-11(15)9-6-8(2)7-10(14)12(9)13(16)17/h6-7H,3-5H2,1-2H3,(H,16,17). The van der Waals surface area contributed by atoms with Crippen LogP contribution in [-0.4, -0.2) is 16.9 Å². The normalized spacial score (nSPS) is 10.3. The van der Waals surface area contributed by atoms with E-state index in [1.54, 1.807) is 12.1 Å². The number of aryl methyl sites for hydroxylation is 1. The summed E-state index contributed by atoms with van der Waals surface area (Å²) in [5.74, 6) is -1.11. The number of carbonyl (C=O) groups is 2. The maximum atomic E-state index is 12.0. The van der Waals surface area contributed by atoms with E-state index in [1.807, 2.05) is 36.4 Å². The van der Waals surface area contributed by atoms with Gasteiger partial charge in [-0.2, -0.15) is 0 Å². The Labute approximate surface area is 114 Å². The SMILES string of the molecule is CCCCC(=O)c1cc(C)cc(I)c1C(=O)O. The monoisotopic (exact) mass is 346 g/mol. The van der Waals surface area contributed by atoms with E-state index in [1.165, 1.54) is 0 Å². The molecule has 0 radical (unpaired) electrons. The predicted molar refractivity (Wildman–Crippen MR) is 74.7 cm³/mol. The minimum absolute atomic E-state index is 0.0779. The molecule has 1 aromatic rings. The van der Waals surface area contributed by atoms with Gasteiger partial charge >= 0.3 is 5.97 Å². The number of Topliss-reactive ketones (excluding diaryl/α,β-unsaturated/α-hetero) is 1. The van der Waals surface area contributed by atoms with Crippen LogP contribution in [0, 0.1) is 10.5 Å². The lowest BCUT2D eigenvalue weighted by molar-refractivity contribution is 0.0690. The van der Waals surface area contributed by atoms with Crippen LogP contribution in [0.1, 0.15) is 52.5 Å². The van der Waals surface area contributed by atoms with Crippen LogP contribution in [0.5, 0.6) is 0 Å². The molecule has 0 heterocycles. The Kier molecular flexibility index (Phi) is 5.11. The van der Waals surface area contributed by atoms with Gasteiger partial charge < -0.3 is 5.11 Å². The minimum Gasteiger partial charge on any atom is -0.478 e. The second-order valence-corrected chi connectivity index (χ2v) is 5.16. The van der Waals surface area contributed by atoms with E-state index in [-0.39, 0.29) is 11.3 Å². The Balaban J connectivity index is 3.20. The summed E-state index contributed by atoms with van der Waals surface area (Å²) in [6, 6.07) is 3.45. The Bertz CT molecular complexity index is 452. The van der Waals surface area contributed by atoms with Crippen molar-refractivity contribution in [2.75, 3.05) is 0 Å². The maximum Gasteiger partial charge on any atom is 0.337 e. The summed E-state index contributed by atoms with van der Waals surface area (Å²) in [6.07, 6.45) is 2.13. The molecule has 1 aromatic carbocycles. The number of hydrogen-bond donors (Lipinski definition) is 1. The molecule has 0 bridgehead atoms. The van der Waals surface area contributed by atoms with E-state index < -0.39 is 5.97 Å². The van der Waals surface area contributed by atoms with Gasteiger partial charge in [-0.15, -0.1) is 0 Å². The molecule has 0 unspecified atom stereocenters. The summed E-state index contributed by atoms with van der Waals surface area (Å²) in [5.41, 5.74) is 1.40. The summed E-state index contributed by atoms with van der Waals surface area (Å²) in [7, 11) is 0. The highest BCUT2D eigenvalue weighted by molar-refractivity contribution is 14.1. The fraction of sp³-hybridized carbons (Fsp3) is 0.385. The van der Waals surface area contributed by atoms with Gasteiger partial charge in [0.1, 0.15) is 0 Å². The van der Waals surface area contributed by atoms with Gasteiger partial charge in [0.2, 0.25) is 0 Å². The Morgan fingerprint density at radius 3 is 2.53 bits per heavy atom. The lowest BCUT2D eigenvalue weighted by Gasteiger charge is -2.08. The third-order valence-electron chi connectivity index (χ3n) is 2.51. The van der Waals surface area contributed by atoms with Crippen molar-refractivity contribution >= 4 is 34.3 Å². The van der Waals surface area contributed by atoms with Crippen molar-refractivity contribution in [1.29, 1.82) is 0 Å². The van der Waals surface area contributed by atoms with Gasteiger partial charge in [-0.05, 0) is 53.6 Å². The number of unbranched alkanes of at least 4 members (excludes halogenated alkanes) is 1. The Morgan fingerprint density at radius 1 is 1.35 bits per heavy atom. The van der Waals surface area contributed by atoms with Gasteiger partial charge in [0, 0.05) is 15.6 Å². The molecule has 0 aliphatic rings. The molecule has 0 atom stereocenters. The number of ketones is 1. The van der Waals surface area contributed by atoms with Crippen LogP contribution in [0.4, 0.5) is 0 Å². The third kappa shape index (κ3) is 3.52. The summed E-state index contributed by atoms with van der Waals surface area (Å²) in [6.45, 7) is 3.87. The van der Waals surface area contributed by atoms with Gasteiger partial charge in [-0.1, -0.05) is 13.3 Å². The first-order valence-corrected chi connectivity index (χ1v) is 6.61. The zero-order valence-corrected chi connectivity index (χ0v) is 12.1. The van der Waals surface area contributed by atoms with Crippen molar-refractivity contribution in [2.24, 2.45) is 0 Å². The number of halogens is 1. The van der Waals surface area contributed by atoms with Crippen LogP contribution >= 0.6 is 22.6 Å². The fourth-order valence-electron chi connectivity index (χ4n) is 1.65. The molecule has 0 amide bonds. The fourth-order valence-corrected chi connectivity index (χ4v) is 2.66. The zero-order valence-electron chi connectivity index (χ0n) is 9.92. The Hall–Kier alpha value is -0.910. The van der Waals surface area contributed by atoms with Gasteiger partial charge in [0.05, 0.1) is 5.56 Å². The van der Waals surface area contributed by atoms with Crippen LogP contribution in [0.3, 0.4) is 0 Å². The number of benzene rings is 1. The van der Waals surface area contributed by atoms with Crippen LogP contribution in [0.25, 0.3) is 0 Å². The molecule has 0 aliphatic carbocycles. The zero-order chi connectivity index (χ0) is 13.0. The quantitative estimate of drug-likeness (QED) is 0.654. The van der Waals surface area contributed by atoms with E-state index in [2.05, 4.69) is 0 Å². The molecule has 0 fully saturated rings. The molecule has 0 aliphatic heterocycles. The van der Waals surface area contributed by atoms with Crippen molar-refractivity contribution in [3.8, 4) is 0 Å². The number of carboxylic acids is 1. The molecule has 92 valence electrons. The maximum absolute atomic E-state index is 12.0. The summed E-state index contributed by atoms with van der Waals surface area (Å²) in [4.78, 5) is 23.1.